The number of anilines is 1. The van der Waals surface area contributed by atoms with E-state index in [4.69, 9.17) is 40.2 Å². The molecule has 2 aromatic rings. The van der Waals surface area contributed by atoms with Gasteiger partial charge in [0.2, 0.25) is 0 Å². The maximum atomic E-state index is 13.0. The van der Waals surface area contributed by atoms with Gasteiger partial charge in [0.05, 0.1) is 21.7 Å². The monoisotopic (exact) mass is 475 g/mol. The van der Waals surface area contributed by atoms with E-state index in [1.807, 2.05) is 0 Å². The number of ether oxygens (including phenoxy) is 1. The van der Waals surface area contributed by atoms with Crippen molar-refractivity contribution >= 4 is 52.1 Å². The Morgan fingerprint density at radius 2 is 1.48 bits per heavy atom. The van der Waals surface area contributed by atoms with Gasteiger partial charge in [-0.3, -0.25) is 4.79 Å². The molecule has 0 unspecified atom stereocenters. The Balaban J connectivity index is 2.52. The second kappa shape index (κ2) is 8.37. The first kappa shape index (κ1) is 23.2. The largest absolute Gasteiger partial charge is 0.424 e. The second-order valence-electron chi connectivity index (χ2n) is 5.61. The number of carbonyl (C=O) groups is 1. The van der Waals surface area contributed by atoms with Gasteiger partial charge in [-0.1, -0.05) is 35.4 Å². The van der Waals surface area contributed by atoms with E-state index in [-0.39, 0.29) is 32.4 Å². The summed E-state index contributed by atoms with van der Waals surface area (Å²) in [5.41, 5.74) is -3.73. The normalized spacial score (nSPS) is 11.9. The molecule has 0 aliphatic carbocycles. The first-order valence-electron chi connectivity index (χ1n) is 7.47. The molecule has 3 nitrogen and oxygen atoms in total. The maximum absolute atomic E-state index is 13.0. The quantitative estimate of drug-likeness (QED) is 0.231. The third-order valence-corrected chi connectivity index (χ3v) is 4.17. The molecule has 0 bridgehead atoms. The fourth-order valence-electron chi connectivity index (χ4n) is 2.20. The zero-order valence-corrected chi connectivity index (χ0v) is 16.5. The summed E-state index contributed by atoms with van der Waals surface area (Å²) >= 11 is 16.9. The van der Waals surface area contributed by atoms with Gasteiger partial charge in [0, 0.05) is 17.6 Å². The van der Waals surface area contributed by atoms with Crippen molar-refractivity contribution in [3.63, 3.8) is 0 Å². The molecule has 0 radical (unpaired) electrons. The van der Waals surface area contributed by atoms with Gasteiger partial charge >= 0.3 is 18.3 Å². The molecule has 2 aromatic carbocycles. The lowest BCUT2D eigenvalue weighted by atomic mass is 10.1. The summed E-state index contributed by atoms with van der Waals surface area (Å²) in [4.78, 5) is 10.9. The number of benzene rings is 2. The smallest absolute Gasteiger partial charge is 0.416 e. The summed E-state index contributed by atoms with van der Waals surface area (Å²) in [7, 11) is 0. The van der Waals surface area contributed by atoms with Crippen molar-refractivity contribution in [1.82, 2.24) is 0 Å². The number of alkyl halides is 6. The molecule has 0 atom stereocenters. The summed E-state index contributed by atoms with van der Waals surface area (Å²) in [5, 5.41) is 2.19. The fourth-order valence-corrected chi connectivity index (χ4v) is 3.00. The van der Waals surface area contributed by atoms with Crippen LogP contribution in [0.15, 0.2) is 30.3 Å². The summed E-state index contributed by atoms with van der Waals surface area (Å²) in [6.07, 6.45) is -10.1. The number of halogens is 8. The predicted molar refractivity (Wildman–Crippen MR) is 99.5 cm³/mol. The minimum absolute atomic E-state index is 0.0191. The number of carbonyl (C=O) groups excluding carboxylic acids is 1. The maximum Gasteiger partial charge on any atom is 0.416 e. The summed E-state index contributed by atoms with van der Waals surface area (Å²) < 4.78 is 82.9. The Morgan fingerprint density at radius 1 is 0.966 bits per heavy atom. The molecule has 0 saturated carbocycles. The molecule has 0 aliphatic heterocycles. The fraction of sp³-hybridized carbons (Fsp3) is 0.176. The van der Waals surface area contributed by atoms with Crippen molar-refractivity contribution in [2.45, 2.75) is 19.3 Å². The van der Waals surface area contributed by atoms with E-state index < -0.39 is 35.1 Å². The van der Waals surface area contributed by atoms with Crippen LogP contribution in [0.1, 0.15) is 23.6 Å². The summed E-state index contributed by atoms with van der Waals surface area (Å²) in [6, 6.07) is 3.31. The molecular weight excluding hydrogens is 467 g/mol. The third kappa shape index (κ3) is 5.97. The second-order valence-corrected chi connectivity index (χ2v) is 6.86. The van der Waals surface area contributed by atoms with Crippen LogP contribution in [-0.4, -0.2) is 11.0 Å². The van der Waals surface area contributed by atoms with Crippen LogP contribution in [0.2, 0.25) is 10.0 Å². The molecule has 2 rings (SSSR count). The molecule has 29 heavy (non-hydrogen) atoms. The van der Waals surface area contributed by atoms with Crippen LogP contribution in [0, 0.1) is 0 Å². The Bertz CT molecular complexity index is 943. The van der Waals surface area contributed by atoms with Crippen LogP contribution < -0.4 is 10.1 Å². The molecule has 156 valence electrons. The van der Waals surface area contributed by atoms with E-state index in [1.165, 1.54) is 12.1 Å². The van der Waals surface area contributed by atoms with Gasteiger partial charge in [-0.25, -0.2) is 0 Å². The average molecular weight is 476 g/mol. The summed E-state index contributed by atoms with van der Waals surface area (Å²) in [5.74, 6) is -1.03. The van der Waals surface area contributed by atoms with E-state index >= 15 is 0 Å². The average Bonchev–Trinajstić information content (AvgIpc) is 2.54. The minimum Gasteiger partial charge on any atom is -0.424 e. The molecule has 1 N–H and O–H groups in total. The van der Waals surface area contributed by atoms with Crippen molar-refractivity contribution in [2.24, 2.45) is 0 Å². The first-order chi connectivity index (χ1) is 13.2. The van der Waals surface area contributed by atoms with Crippen LogP contribution in [0.4, 0.5) is 32.0 Å². The van der Waals surface area contributed by atoms with Crippen LogP contribution in [0.25, 0.3) is 0 Å². The Kier molecular flexibility index (Phi) is 6.71. The van der Waals surface area contributed by atoms with Crippen molar-refractivity contribution in [3.8, 4) is 5.75 Å². The number of thiocarbonyl (C=S) groups is 1. The number of esters is 1. The molecule has 0 spiro atoms. The van der Waals surface area contributed by atoms with Crippen molar-refractivity contribution in [3.05, 3.63) is 57.1 Å². The highest BCUT2D eigenvalue weighted by molar-refractivity contribution is 7.81. The molecule has 0 fully saturated rings. The Hall–Kier alpha value is -2.04. The van der Waals surface area contributed by atoms with Crippen LogP contribution in [-0.2, 0) is 17.1 Å². The van der Waals surface area contributed by atoms with Crippen LogP contribution in [0.3, 0.4) is 0 Å². The molecule has 12 heteroatoms. The van der Waals surface area contributed by atoms with Gasteiger partial charge in [-0.05, 0) is 30.3 Å². The lowest BCUT2D eigenvalue weighted by Gasteiger charge is -2.17. The van der Waals surface area contributed by atoms with Crippen molar-refractivity contribution in [1.29, 1.82) is 0 Å². The Labute approximate surface area is 175 Å². The predicted octanol–water partition coefficient (Wildman–Crippen LogP) is 6.74. The van der Waals surface area contributed by atoms with Gasteiger partial charge in [0.1, 0.15) is 4.99 Å². The zero-order chi connectivity index (χ0) is 22.1. The lowest BCUT2D eigenvalue weighted by molar-refractivity contribution is -0.143. The molecule has 0 saturated heterocycles. The number of hydrogen-bond acceptors (Lipinski definition) is 3. The van der Waals surface area contributed by atoms with Crippen LogP contribution in [0.5, 0.6) is 5.75 Å². The number of rotatable bonds is 3. The third-order valence-electron chi connectivity index (χ3n) is 3.34. The van der Waals surface area contributed by atoms with Gasteiger partial charge in [0.25, 0.3) is 0 Å². The topological polar surface area (TPSA) is 38.3 Å². The van der Waals surface area contributed by atoms with E-state index in [0.717, 1.165) is 6.92 Å². The van der Waals surface area contributed by atoms with E-state index in [1.54, 1.807) is 0 Å². The Morgan fingerprint density at radius 3 is 1.93 bits per heavy atom. The molecule has 0 aliphatic rings. The highest BCUT2D eigenvalue weighted by Gasteiger charge is 2.37. The van der Waals surface area contributed by atoms with Gasteiger partial charge in [-0.15, -0.1) is 0 Å². The SMILES string of the molecule is CC(=O)Oc1c(Cl)cc(Cl)cc1C(=S)Nc1cc(C(F)(F)F)cc(C(F)(F)F)c1. The van der Waals surface area contributed by atoms with Crippen molar-refractivity contribution < 1.29 is 35.9 Å². The zero-order valence-electron chi connectivity index (χ0n) is 14.1. The van der Waals surface area contributed by atoms with E-state index in [9.17, 15) is 31.1 Å². The number of nitrogens with one attached hydrogen (secondary N) is 1. The molecule has 0 aromatic heterocycles. The van der Waals surface area contributed by atoms with E-state index in [2.05, 4.69) is 5.32 Å². The lowest BCUT2D eigenvalue weighted by Crippen LogP contribution is -2.17. The number of hydrogen-bond donors (Lipinski definition) is 1. The highest BCUT2D eigenvalue weighted by Crippen LogP contribution is 2.38. The van der Waals surface area contributed by atoms with Gasteiger partial charge in [0.15, 0.2) is 5.75 Å². The van der Waals surface area contributed by atoms with E-state index in [0.29, 0.717) is 12.1 Å². The minimum atomic E-state index is -5.03. The molecule has 0 heterocycles. The standard InChI is InChI=1S/C17H9Cl2F6NO2S/c1-7(27)28-14-12(5-10(18)6-13(14)19)15(29)26-11-3-8(16(20,21)22)2-9(4-11)17(23,24)25/h2-6H,1H3,(H,26,29). The highest BCUT2D eigenvalue weighted by atomic mass is 35.5. The molecule has 0 amide bonds. The van der Waals surface area contributed by atoms with Gasteiger partial charge < -0.3 is 10.1 Å². The van der Waals surface area contributed by atoms with Gasteiger partial charge in [-0.2, -0.15) is 26.3 Å². The summed E-state index contributed by atoms with van der Waals surface area (Å²) in [6.45, 7) is 1.06. The molecular formula is C17H9Cl2F6NO2S. The van der Waals surface area contributed by atoms with Crippen molar-refractivity contribution in [2.75, 3.05) is 5.32 Å². The first-order valence-corrected chi connectivity index (χ1v) is 8.63. The van der Waals surface area contributed by atoms with Crippen LogP contribution >= 0.6 is 35.4 Å².